The molecule has 8 heteroatoms. The molecule has 1 aliphatic heterocycles. The van der Waals surface area contributed by atoms with Gasteiger partial charge in [0.05, 0.1) is 5.69 Å². The largest absolute Gasteiger partial charge is 0.382 e. The third-order valence-corrected chi connectivity index (χ3v) is 4.13. The standard InChI is InChI=1S/C16H24N8/c1-3-4-12-13(14(17)22-15(18)21-12)23-5-7-24(8-6-23)16-19-9-11(2)10-20-16/h9-10H,3-8H2,1-2H3,(H4,17,18,21,22). The van der Waals surface area contributed by atoms with Gasteiger partial charge in [-0.15, -0.1) is 0 Å². The Kier molecular flexibility index (Phi) is 4.64. The molecule has 0 aliphatic carbocycles. The van der Waals surface area contributed by atoms with Gasteiger partial charge in [0.25, 0.3) is 0 Å². The third kappa shape index (κ3) is 3.32. The van der Waals surface area contributed by atoms with E-state index in [9.17, 15) is 0 Å². The Hall–Kier alpha value is -2.64. The highest BCUT2D eigenvalue weighted by molar-refractivity contribution is 5.68. The van der Waals surface area contributed by atoms with Crippen molar-refractivity contribution in [3.05, 3.63) is 23.7 Å². The highest BCUT2D eigenvalue weighted by Gasteiger charge is 2.24. The molecule has 0 aromatic carbocycles. The Morgan fingerprint density at radius 2 is 1.62 bits per heavy atom. The van der Waals surface area contributed by atoms with Crippen molar-refractivity contribution in [2.75, 3.05) is 47.4 Å². The molecule has 3 heterocycles. The zero-order valence-electron chi connectivity index (χ0n) is 14.2. The van der Waals surface area contributed by atoms with Crippen molar-refractivity contribution in [3.63, 3.8) is 0 Å². The van der Waals surface area contributed by atoms with Gasteiger partial charge in [-0.1, -0.05) is 13.3 Å². The van der Waals surface area contributed by atoms with Crippen molar-refractivity contribution in [2.45, 2.75) is 26.7 Å². The van der Waals surface area contributed by atoms with Crippen LogP contribution in [0.15, 0.2) is 12.4 Å². The first-order valence-corrected chi connectivity index (χ1v) is 8.29. The van der Waals surface area contributed by atoms with Gasteiger partial charge < -0.3 is 21.3 Å². The Labute approximate surface area is 141 Å². The van der Waals surface area contributed by atoms with Gasteiger partial charge in [-0.25, -0.2) is 15.0 Å². The lowest BCUT2D eigenvalue weighted by atomic mass is 10.1. The zero-order valence-corrected chi connectivity index (χ0v) is 14.2. The Morgan fingerprint density at radius 1 is 1.00 bits per heavy atom. The molecule has 24 heavy (non-hydrogen) atoms. The summed E-state index contributed by atoms with van der Waals surface area (Å²) in [4.78, 5) is 21.8. The van der Waals surface area contributed by atoms with Gasteiger partial charge in [0, 0.05) is 38.6 Å². The molecule has 1 aliphatic rings. The number of anilines is 4. The van der Waals surface area contributed by atoms with Crippen LogP contribution >= 0.6 is 0 Å². The van der Waals surface area contributed by atoms with Gasteiger partial charge in [-0.3, -0.25) is 0 Å². The third-order valence-electron chi connectivity index (χ3n) is 4.13. The molecule has 0 unspecified atom stereocenters. The maximum absolute atomic E-state index is 6.13. The molecule has 0 saturated carbocycles. The molecule has 1 fully saturated rings. The van der Waals surface area contributed by atoms with Crippen LogP contribution in [0.3, 0.4) is 0 Å². The average Bonchev–Trinajstić information content (AvgIpc) is 2.56. The van der Waals surface area contributed by atoms with Crippen LogP contribution in [-0.4, -0.2) is 46.1 Å². The van der Waals surface area contributed by atoms with Crippen molar-refractivity contribution < 1.29 is 0 Å². The van der Waals surface area contributed by atoms with Crippen LogP contribution in [0.2, 0.25) is 0 Å². The van der Waals surface area contributed by atoms with Crippen molar-refractivity contribution in [3.8, 4) is 0 Å². The number of nitrogens with two attached hydrogens (primary N) is 2. The van der Waals surface area contributed by atoms with Gasteiger partial charge in [-0.2, -0.15) is 4.98 Å². The Balaban J connectivity index is 1.76. The van der Waals surface area contributed by atoms with Crippen LogP contribution in [0.4, 0.5) is 23.4 Å². The van der Waals surface area contributed by atoms with E-state index >= 15 is 0 Å². The number of aryl methyl sites for hydroxylation is 2. The summed E-state index contributed by atoms with van der Waals surface area (Å²) in [6.45, 7) is 7.42. The van der Waals surface area contributed by atoms with Gasteiger partial charge in [0.1, 0.15) is 5.69 Å². The lowest BCUT2D eigenvalue weighted by Crippen LogP contribution is -2.47. The summed E-state index contributed by atoms with van der Waals surface area (Å²) in [7, 11) is 0. The van der Waals surface area contributed by atoms with E-state index in [2.05, 4.69) is 36.7 Å². The van der Waals surface area contributed by atoms with Crippen molar-refractivity contribution in [2.24, 2.45) is 0 Å². The smallest absolute Gasteiger partial charge is 0.225 e. The van der Waals surface area contributed by atoms with E-state index < -0.39 is 0 Å². The van der Waals surface area contributed by atoms with Gasteiger partial charge in [0.15, 0.2) is 5.82 Å². The minimum atomic E-state index is 0.242. The number of rotatable bonds is 4. The number of piperazine rings is 1. The number of nitrogens with zero attached hydrogens (tertiary/aromatic N) is 6. The molecule has 0 radical (unpaired) electrons. The molecule has 0 bridgehead atoms. The summed E-state index contributed by atoms with van der Waals surface area (Å²) in [5.41, 5.74) is 14.8. The summed E-state index contributed by atoms with van der Waals surface area (Å²) in [6.07, 6.45) is 5.52. The molecule has 0 amide bonds. The van der Waals surface area contributed by atoms with Crippen LogP contribution in [-0.2, 0) is 6.42 Å². The lowest BCUT2D eigenvalue weighted by molar-refractivity contribution is 0.635. The summed E-state index contributed by atoms with van der Waals surface area (Å²) < 4.78 is 0. The van der Waals surface area contributed by atoms with Crippen LogP contribution in [0, 0.1) is 6.92 Å². The minimum Gasteiger partial charge on any atom is -0.382 e. The summed E-state index contributed by atoms with van der Waals surface area (Å²) >= 11 is 0. The van der Waals surface area contributed by atoms with E-state index in [1.54, 1.807) is 0 Å². The Morgan fingerprint density at radius 3 is 2.25 bits per heavy atom. The van der Waals surface area contributed by atoms with E-state index in [0.717, 1.165) is 61.9 Å². The fourth-order valence-corrected chi connectivity index (χ4v) is 2.98. The fourth-order valence-electron chi connectivity index (χ4n) is 2.98. The minimum absolute atomic E-state index is 0.242. The number of nitrogen functional groups attached to an aromatic ring is 2. The highest BCUT2D eigenvalue weighted by atomic mass is 15.3. The lowest BCUT2D eigenvalue weighted by Gasteiger charge is -2.37. The second-order valence-electron chi connectivity index (χ2n) is 6.05. The quantitative estimate of drug-likeness (QED) is 0.856. The monoisotopic (exact) mass is 328 g/mol. The first kappa shape index (κ1) is 16.2. The van der Waals surface area contributed by atoms with E-state index in [4.69, 9.17) is 11.5 Å². The molecule has 2 aromatic rings. The molecular formula is C16H24N8. The molecule has 0 atom stereocenters. The normalized spacial score (nSPS) is 14.9. The van der Waals surface area contributed by atoms with Gasteiger partial charge in [0.2, 0.25) is 11.9 Å². The predicted octanol–water partition coefficient (Wildman–Crippen LogP) is 1.02. The topological polar surface area (TPSA) is 110 Å². The predicted molar refractivity (Wildman–Crippen MR) is 96.0 cm³/mol. The molecule has 128 valence electrons. The second-order valence-corrected chi connectivity index (χ2v) is 6.05. The van der Waals surface area contributed by atoms with Crippen LogP contribution < -0.4 is 21.3 Å². The first-order valence-electron chi connectivity index (χ1n) is 8.29. The van der Waals surface area contributed by atoms with Crippen molar-refractivity contribution in [1.82, 2.24) is 19.9 Å². The summed E-state index contributed by atoms with van der Waals surface area (Å²) in [6, 6.07) is 0. The number of hydrogen-bond acceptors (Lipinski definition) is 8. The van der Waals surface area contributed by atoms with E-state index in [0.29, 0.717) is 5.82 Å². The first-order chi connectivity index (χ1) is 11.6. The number of hydrogen-bond donors (Lipinski definition) is 2. The average molecular weight is 328 g/mol. The maximum Gasteiger partial charge on any atom is 0.225 e. The zero-order chi connectivity index (χ0) is 17.1. The molecule has 4 N–H and O–H groups in total. The van der Waals surface area contributed by atoms with E-state index in [1.165, 1.54) is 0 Å². The van der Waals surface area contributed by atoms with Crippen LogP contribution in [0.5, 0.6) is 0 Å². The molecule has 1 saturated heterocycles. The molecule has 0 spiro atoms. The molecule has 3 rings (SSSR count). The molecule has 2 aromatic heterocycles. The van der Waals surface area contributed by atoms with Crippen LogP contribution in [0.1, 0.15) is 24.6 Å². The van der Waals surface area contributed by atoms with Gasteiger partial charge >= 0.3 is 0 Å². The highest BCUT2D eigenvalue weighted by Crippen LogP contribution is 2.28. The Bertz CT molecular complexity index is 692. The fraction of sp³-hybridized carbons (Fsp3) is 0.500. The van der Waals surface area contributed by atoms with E-state index in [-0.39, 0.29) is 5.95 Å². The molecular weight excluding hydrogens is 304 g/mol. The second kappa shape index (κ2) is 6.86. The van der Waals surface area contributed by atoms with Crippen LogP contribution in [0.25, 0.3) is 0 Å². The SMILES string of the molecule is CCCc1nc(N)nc(N)c1N1CCN(c2ncc(C)cn2)CC1. The van der Waals surface area contributed by atoms with Gasteiger partial charge in [-0.05, 0) is 18.9 Å². The van der Waals surface area contributed by atoms with E-state index in [1.807, 2.05) is 19.3 Å². The van der Waals surface area contributed by atoms with Crippen molar-refractivity contribution in [1.29, 1.82) is 0 Å². The maximum atomic E-state index is 6.13. The van der Waals surface area contributed by atoms with Crippen molar-refractivity contribution >= 4 is 23.4 Å². The summed E-state index contributed by atoms with van der Waals surface area (Å²) in [5, 5.41) is 0. The number of aromatic nitrogens is 4. The summed E-state index contributed by atoms with van der Waals surface area (Å²) in [5.74, 6) is 1.48. The molecule has 8 nitrogen and oxygen atoms in total.